The average molecular weight is 259 g/mol. The molecule has 0 bridgehead atoms. The summed E-state index contributed by atoms with van der Waals surface area (Å²) in [5, 5.41) is 3.64. The molecule has 3 atom stereocenters. The minimum absolute atomic E-state index is 0.214. The molecule has 0 amide bonds. The van der Waals surface area contributed by atoms with E-state index < -0.39 is 9.84 Å². The van der Waals surface area contributed by atoms with Crippen LogP contribution in [0.15, 0.2) is 0 Å². The molecule has 17 heavy (non-hydrogen) atoms. The Morgan fingerprint density at radius 3 is 2.59 bits per heavy atom. The van der Waals surface area contributed by atoms with Gasteiger partial charge in [0.15, 0.2) is 9.84 Å². The summed E-state index contributed by atoms with van der Waals surface area (Å²) in [4.78, 5) is 0. The van der Waals surface area contributed by atoms with Crippen LogP contribution in [0.3, 0.4) is 0 Å². The third-order valence-electron chi connectivity index (χ3n) is 4.35. The number of nitrogens with one attached hydrogen (secondary N) is 1. The molecule has 4 heteroatoms. The molecule has 1 N–H and O–H groups in total. The fourth-order valence-electron chi connectivity index (χ4n) is 3.37. The summed E-state index contributed by atoms with van der Waals surface area (Å²) in [6.07, 6.45) is 8.28. The molecule has 1 heterocycles. The van der Waals surface area contributed by atoms with E-state index in [2.05, 4.69) is 12.2 Å². The lowest BCUT2D eigenvalue weighted by molar-refractivity contribution is 0.236. The topological polar surface area (TPSA) is 46.2 Å². The van der Waals surface area contributed by atoms with Gasteiger partial charge in [-0.1, -0.05) is 26.2 Å². The van der Waals surface area contributed by atoms with Crippen molar-refractivity contribution in [1.29, 1.82) is 0 Å². The quantitative estimate of drug-likeness (QED) is 0.844. The van der Waals surface area contributed by atoms with Gasteiger partial charge in [-0.15, -0.1) is 0 Å². The Bertz CT molecular complexity index is 339. The van der Waals surface area contributed by atoms with Crippen molar-refractivity contribution in [3.05, 3.63) is 0 Å². The second-order valence-corrected chi connectivity index (χ2v) is 7.91. The van der Waals surface area contributed by atoms with Crippen LogP contribution in [-0.4, -0.2) is 32.0 Å². The minimum Gasteiger partial charge on any atom is -0.310 e. The summed E-state index contributed by atoms with van der Waals surface area (Å²) in [6.45, 7) is 2.25. The molecule has 3 unspecified atom stereocenters. The van der Waals surface area contributed by atoms with Crippen molar-refractivity contribution in [3.63, 3.8) is 0 Å². The predicted octanol–water partition coefficient (Wildman–Crippen LogP) is 2.12. The predicted molar refractivity (Wildman–Crippen MR) is 70.8 cm³/mol. The van der Waals surface area contributed by atoms with Crippen LogP contribution in [0, 0.1) is 5.92 Å². The largest absolute Gasteiger partial charge is 0.310 e. The lowest BCUT2D eigenvalue weighted by Gasteiger charge is -2.36. The molecule has 1 saturated carbocycles. The van der Waals surface area contributed by atoms with Gasteiger partial charge in [0.2, 0.25) is 0 Å². The van der Waals surface area contributed by atoms with E-state index >= 15 is 0 Å². The molecule has 3 nitrogen and oxygen atoms in total. The van der Waals surface area contributed by atoms with E-state index in [1.807, 2.05) is 0 Å². The molecule has 100 valence electrons. The third kappa shape index (κ3) is 3.68. The first-order valence-corrected chi connectivity index (χ1v) is 8.89. The van der Waals surface area contributed by atoms with E-state index in [0.29, 0.717) is 17.5 Å². The minimum atomic E-state index is -2.77. The van der Waals surface area contributed by atoms with Crippen LogP contribution in [0.25, 0.3) is 0 Å². The van der Waals surface area contributed by atoms with E-state index in [-0.39, 0.29) is 6.04 Å². The van der Waals surface area contributed by atoms with Gasteiger partial charge < -0.3 is 5.32 Å². The zero-order valence-corrected chi connectivity index (χ0v) is 11.6. The molecule has 2 aliphatic rings. The van der Waals surface area contributed by atoms with Crippen LogP contribution < -0.4 is 5.32 Å². The highest BCUT2D eigenvalue weighted by molar-refractivity contribution is 7.91. The first-order chi connectivity index (χ1) is 8.11. The highest BCUT2D eigenvalue weighted by atomic mass is 32.2. The van der Waals surface area contributed by atoms with Crippen molar-refractivity contribution >= 4 is 9.84 Å². The van der Waals surface area contributed by atoms with Crippen LogP contribution in [0.4, 0.5) is 0 Å². The summed E-state index contributed by atoms with van der Waals surface area (Å²) in [5.74, 6) is 1.51. The number of hydrogen-bond acceptors (Lipinski definition) is 3. The van der Waals surface area contributed by atoms with Crippen molar-refractivity contribution < 1.29 is 8.42 Å². The van der Waals surface area contributed by atoms with Crippen LogP contribution in [0.2, 0.25) is 0 Å². The molecule has 2 rings (SSSR count). The maximum atomic E-state index is 11.6. The maximum Gasteiger partial charge on any atom is 0.151 e. The van der Waals surface area contributed by atoms with E-state index in [9.17, 15) is 8.42 Å². The smallest absolute Gasteiger partial charge is 0.151 e. The maximum absolute atomic E-state index is 11.6. The van der Waals surface area contributed by atoms with Gasteiger partial charge in [0.25, 0.3) is 0 Å². The third-order valence-corrected chi connectivity index (χ3v) is 6.17. The Balaban J connectivity index is 1.90. The number of sulfone groups is 1. The Morgan fingerprint density at radius 1 is 1.12 bits per heavy atom. The van der Waals surface area contributed by atoms with Crippen LogP contribution in [0.1, 0.15) is 51.9 Å². The summed E-state index contributed by atoms with van der Waals surface area (Å²) in [6, 6.07) is 0.776. The van der Waals surface area contributed by atoms with E-state index in [1.54, 1.807) is 0 Å². The molecule has 1 aliphatic carbocycles. The fourth-order valence-corrected chi connectivity index (χ4v) is 5.02. The van der Waals surface area contributed by atoms with Gasteiger partial charge in [-0.05, 0) is 31.6 Å². The zero-order valence-electron chi connectivity index (χ0n) is 10.8. The molecule has 0 aromatic rings. The first kappa shape index (κ1) is 13.3. The lowest BCUT2D eigenvalue weighted by atomic mass is 9.82. The van der Waals surface area contributed by atoms with Crippen LogP contribution in [0.5, 0.6) is 0 Å². The standard InChI is InChI=1S/C13H25NO2S/c1-2-11-6-3-4-8-13(11)14-12-7-5-9-17(15,16)10-12/h11-14H,2-10H2,1H3. The van der Waals surface area contributed by atoms with E-state index in [4.69, 9.17) is 0 Å². The van der Waals surface area contributed by atoms with Gasteiger partial charge in [-0.25, -0.2) is 8.42 Å². The Kier molecular flexibility index (Phi) is 4.47. The molecule has 1 aliphatic heterocycles. The molecule has 0 spiro atoms. The molecule has 2 fully saturated rings. The monoisotopic (exact) mass is 259 g/mol. The van der Waals surface area contributed by atoms with E-state index in [0.717, 1.165) is 18.8 Å². The lowest BCUT2D eigenvalue weighted by Crippen LogP contribution is -2.48. The fraction of sp³-hybridized carbons (Fsp3) is 1.00. The molecular weight excluding hydrogens is 234 g/mol. The van der Waals surface area contributed by atoms with Gasteiger partial charge in [0.1, 0.15) is 0 Å². The van der Waals surface area contributed by atoms with Gasteiger partial charge in [-0.2, -0.15) is 0 Å². The van der Waals surface area contributed by atoms with Gasteiger partial charge in [-0.3, -0.25) is 0 Å². The van der Waals surface area contributed by atoms with E-state index in [1.165, 1.54) is 32.1 Å². The first-order valence-electron chi connectivity index (χ1n) is 7.07. The van der Waals surface area contributed by atoms with Crippen LogP contribution >= 0.6 is 0 Å². The second kappa shape index (κ2) is 5.70. The summed E-state index contributed by atoms with van der Waals surface area (Å²) in [7, 11) is -2.77. The van der Waals surface area contributed by atoms with Gasteiger partial charge in [0.05, 0.1) is 11.5 Å². The summed E-state index contributed by atoms with van der Waals surface area (Å²) >= 11 is 0. The SMILES string of the molecule is CCC1CCCCC1NC1CCCS(=O)(=O)C1. The Labute approximate surface area is 105 Å². The average Bonchev–Trinajstić information content (AvgIpc) is 2.28. The van der Waals surface area contributed by atoms with Gasteiger partial charge in [0, 0.05) is 12.1 Å². The molecule has 0 aromatic heterocycles. The summed E-state index contributed by atoms with van der Waals surface area (Å²) < 4.78 is 23.2. The highest BCUT2D eigenvalue weighted by Crippen LogP contribution is 2.28. The second-order valence-electron chi connectivity index (χ2n) is 5.68. The Hall–Kier alpha value is -0.0900. The number of hydrogen-bond donors (Lipinski definition) is 1. The van der Waals surface area contributed by atoms with Crippen molar-refractivity contribution in [3.8, 4) is 0 Å². The van der Waals surface area contributed by atoms with Crippen molar-refractivity contribution in [1.82, 2.24) is 5.32 Å². The molecular formula is C13H25NO2S. The molecule has 1 saturated heterocycles. The van der Waals surface area contributed by atoms with Gasteiger partial charge >= 0.3 is 0 Å². The zero-order chi connectivity index (χ0) is 12.3. The molecule has 0 radical (unpaired) electrons. The Morgan fingerprint density at radius 2 is 1.88 bits per heavy atom. The molecule has 0 aromatic carbocycles. The number of rotatable bonds is 3. The summed E-state index contributed by atoms with van der Waals surface area (Å²) in [5.41, 5.74) is 0. The van der Waals surface area contributed by atoms with Crippen molar-refractivity contribution in [2.45, 2.75) is 64.0 Å². The van der Waals surface area contributed by atoms with Crippen molar-refractivity contribution in [2.24, 2.45) is 5.92 Å². The highest BCUT2D eigenvalue weighted by Gasteiger charge is 2.30. The van der Waals surface area contributed by atoms with Crippen LogP contribution in [-0.2, 0) is 9.84 Å². The van der Waals surface area contributed by atoms with Crippen molar-refractivity contribution in [2.75, 3.05) is 11.5 Å². The normalized spacial score (nSPS) is 37.8.